The van der Waals surface area contributed by atoms with Crippen LogP contribution in [-0.2, 0) is 0 Å². The lowest BCUT2D eigenvalue weighted by Crippen LogP contribution is -2.01. The summed E-state index contributed by atoms with van der Waals surface area (Å²) in [6.45, 7) is 1.91. The van der Waals surface area contributed by atoms with Gasteiger partial charge < -0.3 is 10.2 Å². The first-order valence-electron chi connectivity index (χ1n) is 4.00. The molecule has 0 amide bonds. The molecule has 0 aliphatic carbocycles. The van der Waals surface area contributed by atoms with E-state index < -0.39 is 0 Å². The van der Waals surface area contributed by atoms with E-state index in [1.54, 1.807) is 18.6 Å². The molecule has 5 heteroatoms. The van der Waals surface area contributed by atoms with Crippen LogP contribution < -0.4 is 5.73 Å². The number of aryl methyl sites for hydroxylation is 1. The average Bonchev–Trinajstić information content (AvgIpc) is 2.66. The van der Waals surface area contributed by atoms with E-state index in [0.717, 1.165) is 14.8 Å². The van der Waals surface area contributed by atoms with E-state index >= 15 is 0 Å². The van der Waals surface area contributed by atoms with Crippen molar-refractivity contribution in [1.29, 1.82) is 0 Å². The van der Waals surface area contributed by atoms with Crippen molar-refractivity contribution < 1.29 is 4.42 Å². The smallest absolute Gasteiger partial charge is 0.165 e. The molecule has 0 spiro atoms. The largest absolute Gasteiger partial charge is 0.472 e. The minimum atomic E-state index is 0.509. The molecule has 2 N–H and O–H groups in total. The average molecular weight is 301 g/mol. The van der Waals surface area contributed by atoms with Crippen LogP contribution in [0.3, 0.4) is 0 Å². The SMILES string of the molecule is Cc1nc(-c2ccoc2)nc(N)c1I. The van der Waals surface area contributed by atoms with Crippen LogP contribution in [0.2, 0.25) is 0 Å². The fourth-order valence-corrected chi connectivity index (χ4v) is 1.34. The summed E-state index contributed by atoms with van der Waals surface area (Å²) in [6.07, 6.45) is 3.18. The molecule has 0 fully saturated rings. The van der Waals surface area contributed by atoms with Gasteiger partial charge in [0.2, 0.25) is 0 Å². The number of nitrogen functional groups attached to an aromatic ring is 1. The quantitative estimate of drug-likeness (QED) is 0.820. The summed E-state index contributed by atoms with van der Waals surface area (Å²) in [7, 11) is 0. The number of halogens is 1. The molecule has 0 bridgehead atoms. The van der Waals surface area contributed by atoms with Gasteiger partial charge in [0, 0.05) is 0 Å². The Labute approximate surface area is 94.7 Å². The van der Waals surface area contributed by atoms with Crippen LogP contribution in [0, 0.1) is 10.5 Å². The zero-order chi connectivity index (χ0) is 10.1. The number of nitrogens with zero attached hydrogens (tertiary/aromatic N) is 2. The Balaban J connectivity index is 2.57. The maximum Gasteiger partial charge on any atom is 0.165 e. The zero-order valence-electron chi connectivity index (χ0n) is 7.49. The van der Waals surface area contributed by atoms with E-state index in [9.17, 15) is 0 Å². The summed E-state index contributed by atoms with van der Waals surface area (Å²) in [5, 5.41) is 0. The van der Waals surface area contributed by atoms with Crippen molar-refractivity contribution in [3.05, 3.63) is 27.9 Å². The second kappa shape index (κ2) is 3.56. The van der Waals surface area contributed by atoms with Crippen LogP contribution in [0.5, 0.6) is 0 Å². The third kappa shape index (κ3) is 1.59. The molecule has 0 unspecified atom stereocenters. The molecule has 0 saturated carbocycles. The summed E-state index contributed by atoms with van der Waals surface area (Å²) in [4.78, 5) is 8.49. The van der Waals surface area contributed by atoms with Crippen LogP contribution in [0.4, 0.5) is 5.82 Å². The Morgan fingerprint density at radius 3 is 2.79 bits per heavy atom. The highest BCUT2D eigenvalue weighted by Gasteiger charge is 2.08. The van der Waals surface area contributed by atoms with Crippen LogP contribution in [-0.4, -0.2) is 9.97 Å². The lowest BCUT2D eigenvalue weighted by Gasteiger charge is -2.03. The van der Waals surface area contributed by atoms with Crippen LogP contribution >= 0.6 is 22.6 Å². The Kier molecular flexibility index (Phi) is 2.40. The minimum absolute atomic E-state index is 0.509. The maximum atomic E-state index is 5.74. The number of hydrogen-bond acceptors (Lipinski definition) is 4. The number of hydrogen-bond donors (Lipinski definition) is 1. The lowest BCUT2D eigenvalue weighted by atomic mass is 10.3. The van der Waals surface area contributed by atoms with Gasteiger partial charge in [-0.25, -0.2) is 9.97 Å². The van der Waals surface area contributed by atoms with Gasteiger partial charge in [0.25, 0.3) is 0 Å². The second-order valence-electron chi connectivity index (χ2n) is 2.84. The molecule has 0 saturated heterocycles. The van der Waals surface area contributed by atoms with Gasteiger partial charge in [-0.1, -0.05) is 0 Å². The van der Waals surface area contributed by atoms with Crippen molar-refractivity contribution in [2.45, 2.75) is 6.92 Å². The Hall–Kier alpha value is -1.11. The summed E-state index contributed by atoms with van der Waals surface area (Å²) < 4.78 is 5.85. The van der Waals surface area contributed by atoms with Gasteiger partial charge in [-0.15, -0.1) is 0 Å². The van der Waals surface area contributed by atoms with Crippen molar-refractivity contribution >= 4 is 28.4 Å². The number of furan rings is 1. The predicted octanol–water partition coefficient (Wildman–Crippen LogP) is 2.23. The molecule has 0 aromatic carbocycles. The van der Waals surface area contributed by atoms with Crippen molar-refractivity contribution in [3.63, 3.8) is 0 Å². The molecule has 0 radical (unpaired) electrons. The number of rotatable bonds is 1. The topological polar surface area (TPSA) is 64.9 Å². The van der Waals surface area contributed by atoms with Gasteiger partial charge in [-0.3, -0.25) is 0 Å². The standard InChI is InChI=1S/C9H8IN3O/c1-5-7(10)8(11)13-9(12-5)6-2-3-14-4-6/h2-4H,1H3,(H2,11,12,13). The van der Waals surface area contributed by atoms with E-state index in [1.165, 1.54) is 0 Å². The van der Waals surface area contributed by atoms with Crippen molar-refractivity contribution in [2.75, 3.05) is 5.73 Å². The molecule has 0 aliphatic rings. The molecule has 4 nitrogen and oxygen atoms in total. The number of aromatic nitrogens is 2. The minimum Gasteiger partial charge on any atom is -0.472 e. The fourth-order valence-electron chi connectivity index (χ4n) is 1.10. The van der Waals surface area contributed by atoms with Crippen molar-refractivity contribution in [2.24, 2.45) is 0 Å². The van der Waals surface area contributed by atoms with Gasteiger partial charge in [0.1, 0.15) is 12.1 Å². The first kappa shape index (κ1) is 9.45. The third-order valence-electron chi connectivity index (χ3n) is 1.82. The molecule has 2 aromatic heterocycles. The van der Waals surface area contributed by atoms with Gasteiger partial charge in [-0.2, -0.15) is 0 Å². The van der Waals surface area contributed by atoms with E-state index in [2.05, 4.69) is 32.6 Å². The highest BCUT2D eigenvalue weighted by atomic mass is 127. The second-order valence-corrected chi connectivity index (χ2v) is 3.92. The molecule has 14 heavy (non-hydrogen) atoms. The van der Waals surface area contributed by atoms with Gasteiger partial charge >= 0.3 is 0 Å². The van der Waals surface area contributed by atoms with Crippen molar-refractivity contribution in [1.82, 2.24) is 9.97 Å². The Morgan fingerprint density at radius 1 is 1.43 bits per heavy atom. The van der Waals surface area contributed by atoms with E-state index in [1.807, 2.05) is 6.92 Å². The third-order valence-corrected chi connectivity index (χ3v) is 3.16. The molecule has 0 aliphatic heterocycles. The molecular weight excluding hydrogens is 293 g/mol. The lowest BCUT2D eigenvalue weighted by molar-refractivity contribution is 0.568. The van der Waals surface area contributed by atoms with Crippen molar-refractivity contribution in [3.8, 4) is 11.4 Å². The number of nitrogens with two attached hydrogens (primary N) is 1. The highest BCUT2D eigenvalue weighted by Crippen LogP contribution is 2.21. The van der Waals surface area contributed by atoms with Crippen LogP contribution in [0.15, 0.2) is 23.0 Å². The maximum absolute atomic E-state index is 5.74. The van der Waals surface area contributed by atoms with Gasteiger partial charge in [-0.05, 0) is 35.6 Å². The number of anilines is 1. The Bertz CT molecular complexity index is 430. The van der Waals surface area contributed by atoms with Crippen LogP contribution in [0.1, 0.15) is 5.69 Å². The molecular formula is C9H8IN3O. The molecule has 2 heterocycles. The molecule has 2 aromatic rings. The normalized spacial score (nSPS) is 10.4. The summed E-state index contributed by atoms with van der Waals surface area (Å²) >= 11 is 2.13. The van der Waals surface area contributed by atoms with E-state index in [-0.39, 0.29) is 0 Å². The molecule has 72 valence electrons. The van der Waals surface area contributed by atoms with Gasteiger partial charge in [0.05, 0.1) is 21.1 Å². The monoisotopic (exact) mass is 301 g/mol. The summed E-state index contributed by atoms with van der Waals surface area (Å²) in [5.41, 5.74) is 7.47. The van der Waals surface area contributed by atoms with Crippen LogP contribution in [0.25, 0.3) is 11.4 Å². The summed E-state index contributed by atoms with van der Waals surface area (Å²) in [5.74, 6) is 1.11. The molecule has 2 rings (SSSR count). The van der Waals surface area contributed by atoms with E-state index in [4.69, 9.17) is 10.2 Å². The Morgan fingerprint density at radius 2 is 2.21 bits per heavy atom. The zero-order valence-corrected chi connectivity index (χ0v) is 9.65. The predicted molar refractivity (Wildman–Crippen MR) is 61.6 cm³/mol. The first-order valence-corrected chi connectivity index (χ1v) is 5.08. The van der Waals surface area contributed by atoms with E-state index in [0.29, 0.717) is 11.6 Å². The summed E-state index contributed by atoms with van der Waals surface area (Å²) in [6, 6.07) is 1.81. The highest BCUT2D eigenvalue weighted by molar-refractivity contribution is 14.1. The van der Waals surface area contributed by atoms with Gasteiger partial charge in [0.15, 0.2) is 5.82 Å². The first-order chi connectivity index (χ1) is 6.68. The molecule has 0 atom stereocenters. The fraction of sp³-hybridized carbons (Fsp3) is 0.111.